The number of amides is 1. The Hall–Kier alpha value is -1.32. The molecular formula is C22H21N3Na2O11S3. The van der Waals surface area contributed by atoms with Gasteiger partial charge in [-0.15, -0.1) is 10.2 Å². The monoisotopic (exact) mass is 645 g/mol. The summed E-state index contributed by atoms with van der Waals surface area (Å²) in [7, 11) is -7.28. The van der Waals surface area contributed by atoms with Gasteiger partial charge >= 0.3 is 59.1 Å². The number of methoxy groups -OCH3 is 1. The number of sulfone groups is 1. The van der Waals surface area contributed by atoms with E-state index in [1.807, 2.05) is 0 Å². The minimum absolute atomic E-state index is 0. The van der Waals surface area contributed by atoms with Crippen molar-refractivity contribution in [1.29, 1.82) is 0 Å². The molecule has 1 amide bonds. The summed E-state index contributed by atoms with van der Waals surface area (Å²) in [6.07, 6.45) is 0.379. The van der Waals surface area contributed by atoms with Crippen LogP contribution >= 0.6 is 12.0 Å². The van der Waals surface area contributed by atoms with Crippen molar-refractivity contribution in [3.8, 4) is 11.5 Å². The molecule has 41 heavy (non-hydrogen) atoms. The second-order valence-electron chi connectivity index (χ2n) is 7.85. The maximum atomic E-state index is 12.5. The van der Waals surface area contributed by atoms with E-state index in [1.165, 1.54) is 31.4 Å². The van der Waals surface area contributed by atoms with E-state index in [1.54, 1.807) is 6.92 Å². The molecule has 0 fully saturated rings. The van der Waals surface area contributed by atoms with Crippen LogP contribution in [0, 0.1) is 0 Å². The van der Waals surface area contributed by atoms with Crippen LogP contribution in [0.25, 0.3) is 10.8 Å². The summed E-state index contributed by atoms with van der Waals surface area (Å²) in [6, 6.07) is 6.95. The number of benzene rings is 3. The normalized spacial score (nSPS) is 11.6. The van der Waals surface area contributed by atoms with Crippen LogP contribution in [0.3, 0.4) is 0 Å². The van der Waals surface area contributed by atoms with Crippen LogP contribution in [0.2, 0.25) is 0 Å². The van der Waals surface area contributed by atoms with Crippen molar-refractivity contribution in [1.82, 2.24) is 0 Å². The van der Waals surface area contributed by atoms with Crippen LogP contribution in [0.4, 0.5) is 17.1 Å². The van der Waals surface area contributed by atoms with Crippen molar-refractivity contribution in [2.75, 3.05) is 18.2 Å². The number of nitrogens with one attached hydrogen (secondary N) is 1. The Labute approximate surface area is 284 Å². The minimum Gasteiger partial charge on any atom is -0.744 e. The summed E-state index contributed by atoms with van der Waals surface area (Å²) in [4.78, 5) is 10.9. The van der Waals surface area contributed by atoms with Crippen molar-refractivity contribution in [3.05, 3.63) is 36.4 Å². The largest absolute Gasteiger partial charge is 1.00 e. The number of phenols is 1. The number of hydrogen-bond donors (Lipinski definition) is 2. The first kappa shape index (κ1) is 37.7. The Kier molecular flexibility index (Phi) is 14.7. The van der Waals surface area contributed by atoms with Gasteiger partial charge in [-0.25, -0.2) is 16.8 Å². The van der Waals surface area contributed by atoms with E-state index in [0.29, 0.717) is 6.42 Å². The molecule has 0 aliphatic heterocycles. The first-order valence-corrected chi connectivity index (χ1v) is 14.7. The summed E-state index contributed by atoms with van der Waals surface area (Å²) in [5, 5.41) is 35.1. The summed E-state index contributed by atoms with van der Waals surface area (Å²) in [6.45, 7) is 2.83. The Balaban J connectivity index is 0.00000420. The number of hydrogen-bond acceptors (Lipinski definition) is 14. The van der Waals surface area contributed by atoms with Crippen LogP contribution in [-0.4, -0.2) is 45.3 Å². The number of phenolic OH excluding ortho intramolecular Hbond substituents is 1. The fraction of sp³-hybridized carbons (Fsp3) is 0.227. The fourth-order valence-electron chi connectivity index (χ4n) is 3.53. The van der Waals surface area contributed by atoms with Crippen LogP contribution in [0.5, 0.6) is 11.5 Å². The van der Waals surface area contributed by atoms with E-state index in [4.69, 9.17) is 4.74 Å². The van der Waals surface area contributed by atoms with Crippen LogP contribution in [0.1, 0.15) is 20.3 Å². The third kappa shape index (κ3) is 9.33. The summed E-state index contributed by atoms with van der Waals surface area (Å²) in [5.41, 5.74) is -0.593. The molecule has 3 rings (SSSR count). The van der Waals surface area contributed by atoms with E-state index in [-0.39, 0.29) is 120 Å². The molecule has 19 heteroatoms. The molecule has 0 unspecified atom stereocenters. The molecule has 3 aromatic rings. The van der Waals surface area contributed by atoms with Gasteiger partial charge in [0.15, 0.2) is 15.6 Å². The summed E-state index contributed by atoms with van der Waals surface area (Å²) < 4.78 is 69.7. The molecule has 0 saturated carbocycles. The average Bonchev–Trinajstić information content (AvgIpc) is 2.85. The fourth-order valence-corrected chi connectivity index (χ4v) is 5.90. The van der Waals surface area contributed by atoms with E-state index >= 15 is 0 Å². The molecule has 0 atom stereocenters. The van der Waals surface area contributed by atoms with E-state index in [0.717, 1.165) is 19.1 Å². The molecule has 0 saturated heterocycles. The predicted molar refractivity (Wildman–Crippen MR) is 135 cm³/mol. The zero-order valence-corrected chi connectivity index (χ0v) is 29.0. The van der Waals surface area contributed by atoms with Crippen molar-refractivity contribution in [3.63, 3.8) is 0 Å². The number of ether oxygens (including phenoxy) is 1. The maximum absolute atomic E-state index is 12.5. The van der Waals surface area contributed by atoms with E-state index in [9.17, 15) is 36.5 Å². The molecule has 0 aromatic heterocycles. The molecule has 0 heterocycles. The summed E-state index contributed by atoms with van der Waals surface area (Å²) in [5.74, 6) is -1.26. The quantitative estimate of drug-likeness (QED) is 0.0542. The average molecular weight is 646 g/mol. The number of aromatic hydroxyl groups is 1. The zero-order valence-electron chi connectivity index (χ0n) is 22.5. The van der Waals surface area contributed by atoms with Crippen molar-refractivity contribution >= 4 is 65.7 Å². The summed E-state index contributed by atoms with van der Waals surface area (Å²) >= 11 is 0.278. The number of anilines is 1. The van der Waals surface area contributed by atoms with Gasteiger partial charge in [0.05, 0.1) is 45.3 Å². The van der Waals surface area contributed by atoms with Gasteiger partial charge < -0.3 is 25.0 Å². The van der Waals surface area contributed by atoms with Gasteiger partial charge in [0.2, 0.25) is 5.91 Å². The van der Waals surface area contributed by atoms with Gasteiger partial charge in [0.1, 0.15) is 27.2 Å². The SMILES string of the molecule is CCCS(=O)(=O)c1ccc(OC)c(N=Nc2c(SOO[O-])cc3cc(S(=O)(=O)[O-])cc(NC(C)=O)c3c2O)c1.[Na+].[Na+]. The molecule has 0 radical (unpaired) electrons. The predicted octanol–water partition coefficient (Wildman–Crippen LogP) is -2.75. The Bertz CT molecular complexity index is 1670. The standard InChI is InChI=1S/C22H23N3O11S3.2Na/c1-4-7-38(29,30)14-5-6-18(34-3)16(10-14)24-25-21-19(37-36-35-28)9-13-8-15(39(31,32)33)11-17(23-12(2)26)20(13)22(21)27;;/h5-6,8-11,27-28H,4,7H2,1-3H3,(H,23,26)(H,31,32,33);;/q;2*+1/p-2. The molecule has 14 nitrogen and oxygen atoms in total. The van der Waals surface area contributed by atoms with Gasteiger partial charge in [-0.05, 0) is 48.2 Å². The van der Waals surface area contributed by atoms with E-state index < -0.39 is 36.5 Å². The van der Waals surface area contributed by atoms with Gasteiger partial charge in [0.25, 0.3) is 0 Å². The molecule has 210 valence electrons. The van der Waals surface area contributed by atoms with Gasteiger partial charge in [-0.1, -0.05) is 6.92 Å². The smallest absolute Gasteiger partial charge is 0.744 e. The molecule has 0 aliphatic rings. The zero-order chi connectivity index (χ0) is 29.0. The van der Waals surface area contributed by atoms with Crippen LogP contribution < -0.4 is 74.4 Å². The first-order chi connectivity index (χ1) is 18.3. The Morgan fingerprint density at radius 3 is 2.32 bits per heavy atom. The minimum atomic E-state index is -4.98. The van der Waals surface area contributed by atoms with E-state index in [2.05, 4.69) is 24.9 Å². The van der Waals surface area contributed by atoms with Crippen molar-refractivity contribution in [2.45, 2.75) is 35.0 Å². The maximum Gasteiger partial charge on any atom is 1.00 e. The third-order valence-corrected chi connectivity index (χ3v) is 8.46. The van der Waals surface area contributed by atoms with Crippen LogP contribution in [-0.2, 0) is 34.1 Å². The van der Waals surface area contributed by atoms with Crippen molar-refractivity contribution in [2.24, 2.45) is 10.2 Å². The van der Waals surface area contributed by atoms with Gasteiger partial charge in [-0.3, -0.25) is 9.83 Å². The number of nitrogens with zero attached hydrogens (tertiary/aromatic N) is 2. The van der Waals surface area contributed by atoms with Crippen LogP contribution in [0.15, 0.2) is 61.3 Å². The second-order valence-corrected chi connectivity index (χ2v) is 12.1. The molecule has 3 aromatic carbocycles. The van der Waals surface area contributed by atoms with Gasteiger partial charge in [-0.2, -0.15) is 4.33 Å². The first-order valence-electron chi connectivity index (χ1n) is 10.8. The Morgan fingerprint density at radius 1 is 1.07 bits per heavy atom. The number of carbonyl (C=O) groups is 1. The van der Waals surface area contributed by atoms with Gasteiger partial charge in [0, 0.05) is 12.3 Å². The number of carbonyl (C=O) groups excluding carboxylic acids is 1. The Morgan fingerprint density at radius 2 is 1.76 bits per heavy atom. The number of fused-ring (bicyclic) bond motifs is 1. The third-order valence-electron chi connectivity index (χ3n) is 5.11. The second kappa shape index (κ2) is 15.9. The molecule has 2 N–H and O–H groups in total. The number of azo groups is 1. The molecule has 0 aliphatic carbocycles. The molecular weight excluding hydrogens is 624 g/mol. The topological polar surface area (TPSA) is 216 Å². The van der Waals surface area contributed by atoms with Crippen molar-refractivity contribution < 1.29 is 110 Å². The number of rotatable bonds is 11. The molecule has 0 spiro atoms. The molecule has 0 bridgehead atoms.